The molecule has 1 heterocycles. The zero-order chi connectivity index (χ0) is 12.9. The highest BCUT2D eigenvalue weighted by molar-refractivity contribution is 4.90. The molecule has 0 aromatic rings. The molecular weight excluding hydrogens is 220 g/mol. The van der Waals surface area contributed by atoms with E-state index in [9.17, 15) is 0 Å². The van der Waals surface area contributed by atoms with E-state index in [1.807, 2.05) is 0 Å². The smallest absolute Gasteiger partial charge is 0.0881 e. The van der Waals surface area contributed by atoms with Crippen molar-refractivity contribution in [3.8, 4) is 0 Å². The maximum Gasteiger partial charge on any atom is 0.0881 e. The third-order valence-corrected chi connectivity index (χ3v) is 3.33. The van der Waals surface area contributed by atoms with Gasteiger partial charge in [0.25, 0.3) is 0 Å². The number of likely N-dealkylation sites (tertiary alicyclic amines) is 1. The molecule has 5 nitrogen and oxygen atoms in total. The molecule has 0 spiro atoms. The Hall–Kier alpha value is -0.200. The average molecular weight is 246 g/mol. The fourth-order valence-corrected chi connectivity index (χ4v) is 2.15. The van der Waals surface area contributed by atoms with Gasteiger partial charge in [-0.2, -0.15) is 0 Å². The topological polar surface area (TPSA) is 76.0 Å². The molecule has 0 unspecified atom stereocenters. The lowest BCUT2D eigenvalue weighted by molar-refractivity contribution is 0.0247. The second-order valence-electron chi connectivity index (χ2n) is 5.61. The van der Waals surface area contributed by atoms with Crippen LogP contribution in [0.4, 0.5) is 0 Å². The monoisotopic (exact) mass is 246 g/mol. The van der Waals surface area contributed by atoms with Gasteiger partial charge in [-0.05, 0) is 11.8 Å². The number of hydrogen-bond donors (Lipinski definition) is 4. The first-order valence-electron chi connectivity index (χ1n) is 6.35. The Morgan fingerprint density at radius 3 is 2.12 bits per heavy atom. The first-order chi connectivity index (χ1) is 8.05. The highest BCUT2D eigenvalue weighted by Gasteiger charge is 2.32. The molecule has 102 valence electrons. The fraction of sp³-hybridized carbons (Fsp3) is 1.00. The van der Waals surface area contributed by atoms with E-state index in [0.29, 0.717) is 11.8 Å². The minimum atomic E-state index is -0.932. The van der Waals surface area contributed by atoms with Gasteiger partial charge in [-0.15, -0.1) is 0 Å². The third-order valence-electron chi connectivity index (χ3n) is 3.33. The Morgan fingerprint density at radius 2 is 1.71 bits per heavy atom. The van der Waals surface area contributed by atoms with Crippen LogP contribution in [0.25, 0.3) is 0 Å². The highest BCUT2D eigenvalue weighted by atomic mass is 16.3. The van der Waals surface area contributed by atoms with E-state index < -0.39 is 5.54 Å². The Morgan fingerprint density at radius 1 is 1.18 bits per heavy atom. The van der Waals surface area contributed by atoms with E-state index in [-0.39, 0.29) is 19.8 Å². The number of aliphatic hydroxyl groups excluding tert-OH is 3. The summed E-state index contributed by atoms with van der Waals surface area (Å²) in [6, 6.07) is 0. The summed E-state index contributed by atoms with van der Waals surface area (Å²) in [6.07, 6.45) is 0. The van der Waals surface area contributed by atoms with Crippen molar-refractivity contribution in [1.29, 1.82) is 0 Å². The van der Waals surface area contributed by atoms with Gasteiger partial charge in [-0.25, -0.2) is 0 Å². The van der Waals surface area contributed by atoms with Crippen LogP contribution in [-0.2, 0) is 0 Å². The highest BCUT2D eigenvalue weighted by Crippen LogP contribution is 2.17. The number of nitrogens with one attached hydrogen (secondary N) is 1. The van der Waals surface area contributed by atoms with Gasteiger partial charge in [-0.1, -0.05) is 13.8 Å². The summed E-state index contributed by atoms with van der Waals surface area (Å²) in [5.74, 6) is 1.24. The first-order valence-corrected chi connectivity index (χ1v) is 6.35. The van der Waals surface area contributed by atoms with Gasteiger partial charge in [0, 0.05) is 26.2 Å². The molecule has 1 rings (SSSR count). The van der Waals surface area contributed by atoms with E-state index in [1.165, 1.54) is 0 Å². The summed E-state index contributed by atoms with van der Waals surface area (Å²) < 4.78 is 0. The van der Waals surface area contributed by atoms with Gasteiger partial charge in [0.2, 0.25) is 0 Å². The number of rotatable bonds is 8. The average Bonchev–Trinajstić information content (AvgIpc) is 2.27. The quantitative estimate of drug-likeness (QED) is 0.436. The van der Waals surface area contributed by atoms with Crippen molar-refractivity contribution in [2.75, 3.05) is 46.0 Å². The third kappa shape index (κ3) is 4.19. The van der Waals surface area contributed by atoms with Crippen molar-refractivity contribution in [3.63, 3.8) is 0 Å². The molecule has 0 radical (unpaired) electrons. The van der Waals surface area contributed by atoms with Crippen LogP contribution in [0.3, 0.4) is 0 Å². The lowest BCUT2D eigenvalue weighted by Gasteiger charge is -2.42. The summed E-state index contributed by atoms with van der Waals surface area (Å²) in [5, 5.41) is 30.6. The maximum atomic E-state index is 9.16. The van der Waals surface area contributed by atoms with Crippen molar-refractivity contribution in [1.82, 2.24) is 10.2 Å². The van der Waals surface area contributed by atoms with Crippen molar-refractivity contribution in [2.45, 2.75) is 19.4 Å². The Labute approximate surface area is 103 Å². The molecule has 0 aromatic heterocycles. The fourth-order valence-electron chi connectivity index (χ4n) is 2.15. The van der Waals surface area contributed by atoms with Crippen molar-refractivity contribution in [3.05, 3.63) is 0 Å². The van der Waals surface area contributed by atoms with E-state index in [0.717, 1.165) is 26.2 Å². The molecule has 0 aromatic carbocycles. The Balaban J connectivity index is 2.20. The van der Waals surface area contributed by atoms with E-state index in [4.69, 9.17) is 15.3 Å². The van der Waals surface area contributed by atoms with Crippen LogP contribution in [-0.4, -0.2) is 71.8 Å². The molecule has 0 saturated carbocycles. The lowest BCUT2D eigenvalue weighted by Crippen LogP contribution is -2.60. The van der Waals surface area contributed by atoms with Crippen LogP contribution in [0, 0.1) is 11.8 Å². The molecule has 1 aliphatic heterocycles. The summed E-state index contributed by atoms with van der Waals surface area (Å²) >= 11 is 0. The lowest BCUT2D eigenvalue weighted by atomic mass is 9.96. The van der Waals surface area contributed by atoms with E-state index >= 15 is 0 Å². The van der Waals surface area contributed by atoms with E-state index in [1.54, 1.807) is 0 Å². The van der Waals surface area contributed by atoms with Crippen LogP contribution in [0.1, 0.15) is 13.8 Å². The molecule has 0 bridgehead atoms. The van der Waals surface area contributed by atoms with Crippen LogP contribution < -0.4 is 5.32 Å². The minimum absolute atomic E-state index is 0.248. The largest absolute Gasteiger partial charge is 0.394 e. The van der Waals surface area contributed by atoms with Gasteiger partial charge < -0.3 is 25.5 Å². The van der Waals surface area contributed by atoms with Gasteiger partial charge in [0.1, 0.15) is 0 Å². The molecule has 0 aliphatic carbocycles. The molecule has 0 amide bonds. The van der Waals surface area contributed by atoms with Gasteiger partial charge in [0.15, 0.2) is 0 Å². The summed E-state index contributed by atoms with van der Waals surface area (Å²) in [7, 11) is 0. The molecule has 4 N–H and O–H groups in total. The van der Waals surface area contributed by atoms with Crippen molar-refractivity contribution < 1.29 is 15.3 Å². The second-order valence-corrected chi connectivity index (χ2v) is 5.61. The number of aliphatic hydroxyl groups is 3. The van der Waals surface area contributed by atoms with Crippen LogP contribution in [0.5, 0.6) is 0 Å². The van der Waals surface area contributed by atoms with Gasteiger partial charge >= 0.3 is 0 Å². The molecular formula is C12H26N2O3. The van der Waals surface area contributed by atoms with Gasteiger partial charge in [0.05, 0.1) is 25.4 Å². The zero-order valence-electron chi connectivity index (χ0n) is 10.9. The number of nitrogens with zero attached hydrogens (tertiary/aromatic N) is 1. The molecule has 1 aliphatic rings. The van der Waals surface area contributed by atoms with E-state index in [2.05, 4.69) is 24.1 Å². The minimum Gasteiger partial charge on any atom is -0.394 e. The first kappa shape index (κ1) is 14.9. The molecule has 1 saturated heterocycles. The van der Waals surface area contributed by atoms with Crippen LogP contribution in [0.2, 0.25) is 0 Å². The predicted octanol–water partition coefficient (Wildman–Crippen LogP) is -1.12. The normalized spacial score (nSPS) is 18.7. The van der Waals surface area contributed by atoms with Gasteiger partial charge in [-0.3, -0.25) is 0 Å². The van der Waals surface area contributed by atoms with Crippen LogP contribution >= 0.6 is 0 Å². The molecule has 0 atom stereocenters. The van der Waals surface area contributed by atoms with Crippen molar-refractivity contribution in [2.24, 2.45) is 11.8 Å². The Kier molecular flexibility index (Phi) is 5.82. The number of hydrogen-bond acceptors (Lipinski definition) is 5. The summed E-state index contributed by atoms with van der Waals surface area (Å²) in [6.45, 7) is 7.65. The standard InChI is InChI=1S/C12H26N2O3/c1-10(2)4-14-5-11(6-14)3-13-12(7-15,8-16)9-17/h10-11,13,15-17H,3-9H2,1-2H3. The molecule has 1 fully saturated rings. The Bertz CT molecular complexity index is 206. The molecule has 17 heavy (non-hydrogen) atoms. The molecule has 5 heteroatoms. The second kappa shape index (κ2) is 6.66. The van der Waals surface area contributed by atoms with Crippen LogP contribution in [0.15, 0.2) is 0 Å². The SMILES string of the molecule is CC(C)CN1CC(CNC(CO)(CO)CO)C1. The maximum absolute atomic E-state index is 9.16. The summed E-state index contributed by atoms with van der Waals surface area (Å²) in [5.41, 5.74) is -0.932. The predicted molar refractivity (Wildman–Crippen MR) is 66.8 cm³/mol. The van der Waals surface area contributed by atoms with Crippen molar-refractivity contribution >= 4 is 0 Å². The summed E-state index contributed by atoms with van der Waals surface area (Å²) in [4.78, 5) is 2.40. The zero-order valence-corrected chi connectivity index (χ0v) is 10.9.